The molecule has 0 fully saturated rings. The number of rotatable bonds is 2. The van der Waals surface area contributed by atoms with Crippen LogP contribution in [0.15, 0.2) is 29.7 Å². The fraction of sp³-hybridized carbons (Fsp3) is 0. The molecule has 0 N–H and O–H groups in total. The van der Waals surface area contributed by atoms with Crippen LogP contribution in [0.5, 0.6) is 0 Å². The summed E-state index contributed by atoms with van der Waals surface area (Å²) in [5.74, 6) is 0. The zero-order valence-corrected chi connectivity index (χ0v) is 8.77. The molecule has 0 spiro atoms. The monoisotopic (exact) mass is 236 g/mol. The molecular formula is C8H6Cl2O2S. The van der Waals surface area contributed by atoms with Crippen LogP contribution in [0.25, 0.3) is 6.08 Å². The average molecular weight is 237 g/mol. The molecule has 0 saturated carbocycles. The minimum Gasteiger partial charge on any atom is -0.208 e. The lowest BCUT2D eigenvalue weighted by molar-refractivity contribution is 0.617. The lowest BCUT2D eigenvalue weighted by atomic mass is 10.2. The van der Waals surface area contributed by atoms with Gasteiger partial charge < -0.3 is 0 Å². The average Bonchev–Trinajstić information content (AvgIpc) is 2.01. The van der Waals surface area contributed by atoms with Crippen molar-refractivity contribution in [1.82, 2.24) is 0 Å². The first kappa shape index (κ1) is 10.6. The minimum atomic E-state index is -3.61. The Morgan fingerprint density at radius 1 is 1.23 bits per heavy atom. The Morgan fingerprint density at radius 2 is 1.85 bits per heavy atom. The van der Waals surface area contributed by atoms with Crippen LogP contribution < -0.4 is 0 Å². The van der Waals surface area contributed by atoms with E-state index in [1.54, 1.807) is 24.3 Å². The third-order valence-corrected chi connectivity index (χ3v) is 2.43. The molecule has 0 heterocycles. The van der Waals surface area contributed by atoms with Gasteiger partial charge in [-0.3, -0.25) is 0 Å². The van der Waals surface area contributed by atoms with Gasteiger partial charge in [-0.05, 0) is 17.7 Å². The molecule has 5 heteroatoms. The Morgan fingerprint density at radius 3 is 2.38 bits per heavy atom. The Balaban J connectivity index is 3.00. The van der Waals surface area contributed by atoms with Crippen molar-refractivity contribution in [2.24, 2.45) is 0 Å². The van der Waals surface area contributed by atoms with Gasteiger partial charge in [0.1, 0.15) is 0 Å². The third kappa shape index (κ3) is 3.81. The second-order valence-electron chi connectivity index (χ2n) is 2.30. The second-order valence-corrected chi connectivity index (χ2v) is 5.22. The SMILES string of the molecule is O=S(=O)(Cl)C=Cc1ccccc1Cl. The van der Waals surface area contributed by atoms with Gasteiger partial charge in [-0.1, -0.05) is 29.8 Å². The molecule has 0 bridgehead atoms. The van der Waals surface area contributed by atoms with Crippen molar-refractivity contribution >= 4 is 37.4 Å². The summed E-state index contributed by atoms with van der Waals surface area (Å²) >= 11 is 5.76. The lowest BCUT2D eigenvalue weighted by Crippen LogP contribution is -1.80. The predicted octanol–water partition coefficient (Wildman–Crippen LogP) is 2.88. The van der Waals surface area contributed by atoms with Crippen molar-refractivity contribution in [3.63, 3.8) is 0 Å². The summed E-state index contributed by atoms with van der Waals surface area (Å²) in [6.45, 7) is 0. The molecule has 70 valence electrons. The summed E-state index contributed by atoms with van der Waals surface area (Å²) in [6, 6.07) is 6.88. The van der Waals surface area contributed by atoms with Gasteiger partial charge in [-0.25, -0.2) is 8.42 Å². The van der Waals surface area contributed by atoms with E-state index in [-0.39, 0.29) is 0 Å². The van der Waals surface area contributed by atoms with Crippen LogP contribution in [0, 0.1) is 0 Å². The molecule has 1 aromatic carbocycles. The zero-order valence-electron chi connectivity index (χ0n) is 6.44. The van der Waals surface area contributed by atoms with Crippen molar-refractivity contribution in [1.29, 1.82) is 0 Å². The summed E-state index contributed by atoms with van der Waals surface area (Å²) in [5.41, 5.74) is 0.619. The van der Waals surface area contributed by atoms with E-state index in [0.29, 0.717) is 10.6 Å². The van der Waals surface area contributed by atoms with E-state index in [9.17, 15) is 8.42 Å². The molecule has 0 aromatic heterocycles. The van der Waals surface area contributed by atoms with Crippen LogP contribution in [0.2, 0.25) is 5.02 Å². The Bertz CT molecular complexity index is 424. The maximum atomic E-state index is 10.6. The predicted molar refractivity (Wildman–Crippen MR) is 55.3 cm³/mol. The molecule has 2 nitrogen and oxygen atoms in total. The molecule has 0 amide bonds. The van der Waals surface area contributed by atoms with Crippen LogP contribution >= 0.6 is 22.3 Å². The maximum Gasteiger partial charge on any atom is 0.254 e. The van der Waals surface area contributed by atoms with Gasteiger partial charge in [0, 0.05) is 21.1 Å². The van der Waals surface area contributed by atoms with Crippen LogP contribution in [-0.2, 0) is 9.05 Å². The van der Waals surface area contributed by atoms with Gasteiger partial charge in [-0.2, -0.15) is 0 Å². The standard InChI is InChI=1S/C8H6Cl2O2S/c9-8-4-2-1-3-7(8)5-6-13(10,11)12/h1-6H. The van der Waals surface area contributed by atoms with Gasteiger partial charge in [0.05, 0.1) is 0 Å². The molecule has 0 unspecified atom stereocenters. The Hall–Kier alpha value is -0.510. The van der Waals surface area contributed by atoms with Gasteiger partial charge >= 0.3 is 0 Å². The van der Waals surface area contributed by atoms with Gasteiger partial charge in [0.2, 0.25) is 0 Å². The quantitative estimate of drug-likeness (QED) is 0.741. The summed E-state index contributed by atoms with van der Waals surface area (Å²) < 4.78 is 21.1. The van der Waals surface area contributed by atoms with Crippen LogP contribution in [-0.4, -0.2) is 8.42 Å². The molecule has 0 saturated heterocycles. The van der Waals surface area contributed by atoms with E-state index in [0.717, 1.165) is 5.41 Å². The van der Waals surface area contributed by atoms with Gasteiger partial charge in [0.25, 0.3) is 9.05 Å². The molecule has 0 atom stereocenters. The van der Waals surface area contributed by atoms with Crippen molar-refractivity contribution in [2.75, 3.05) is 0 Å². The second kappa shape index (κ2) is 4.13. The molecule has 0 aliphatic carbocycles. The number of hydrogen-bond donors (Lipinski definition) is 0. The summed E-state index contributed by atoms with van der Waals surface area (Å²) in [6.07, 6.45) is 1.35. The van der Waals surface area contributed by atoms with Crippen molar-refractivity contribution in [3.05, 3.63) is 40.3 Å². The number of benzene rings is 1. The first-order valence-electron chi connectivity index (χ1n) is 3.36. The third-order valence-electron chi connectivity index (χ3n) is 1.32. The first-order valence-corrected chi connectivity index (χ1v) is 6.11. The van der Waals surface area contributed by atoms with Crippen molar-refractivity contribution < 1.29 is 8.42 Å². The number of hydrogen-bond acceptors (Lipinski definition) is 2. The fourth-order valence-electron chi connectivity index (χ4n) is 0.765. The van der Waals surface area contributed by atoms with E-state index in [1.165, 1.54) is 6.08 Å². The largest absolute Gasteiger partial charge is 0.254 e. The molecule has 0 aliphatic heterocycles. The molecule has 1 rings (SSSR count). The highest BCUT2D eigenvalue weighted by Crippen LogP contribution is 2.17. The normalized spacial score (nSPS) is 12.2. The summed E-state index contributed by atoms with van der Waals surface area (Å²) in [4.78, 5) is 0. The lowest BCUT2D eigenvalue weighted by Gasteiger charge is -1.94. The van der Waals surface area contributed by atoms with E-state index in [2.05, 4.69) is 0 Å². The van der Waals surface area contributed by atoms with Crippen LogP contribution in [0.1, 0.15) is 5.56 Å². The molecular weight excluding hydrogens is 231 g/mol. The van der Waals surface area contributed by atoms with E-state index in [1.807, 2.05) is 0 Å². The van der Waals surface area contributed by atoms with Gasteiger partial charge in [0.15, 0.2) is 0 Å². The minimum absolute atomic E-state index is 0.485. The van der Waals surface area contributed by atoms with Crippen molar-refractivity contribution in [3.8, 4) is 0 Å². The molecule has 13 heavy (non-hydrogen) atoms. The van der Waals surface area contributed by atoms with E-state index >= 15 is 0 Å². The fourth-order valence-corrected chi connectivity index (χ4v) is 1.43. The maximum absolute atomic E-state index is 10.6. The molecule has 1 aromatic rings. The highest BCUT2D eigenvalue weighted by Gasteiger charge is 1.98. The smallest absolute Gasteiger partial charge is 0.208 e. The van der Waals surface area contributed by atoms with Crippen LogP contribution in [0.3, 0.4) is 0 Å². The zero-order chi connectivity index (χ0) is 9.90. The Kier molecular flexibility index (Phi) is 3.36. The van der Waals surface area contributed by atoms with Gasteiger partial charge in [-0.15, -0.1) is 0 Å². The molecule has 0 radical (unpaired) electrons. The number of halogens is 2. The van der Waals surface area contributed by atoms with Crippen LogP contribution in [0.4, 0.5) is 0 Å². The Labute approximate surface area is 86.2 Å². The highest BCUT2D eigenvalue weighted by atomic mass is 35.7. The first-order chi connectivity index (χ1) is 5.99. The highest BCUT2D eigenvalue weighted by molar-refractivity contribution is 8.16. The van der Waals surface area contributed by atoms with Crippen molar-refractivity contribution in [2.45, 2.75) is 0 Å². The summed E-state index contributed by atoms with van der Waals surface area (Å²) in [5, 5.41) is 1.38. The van der Waals surface area contributed by atoms with E-state index in [4.69, 9.17) is 22.3 Å². The summed E-state index contributed by atoms with van der Waals surface area (Å²) in [7, 11) is 1.37. The van der Waals surface area contributed by atoms with E-state index < -0.39 is 9.05 Å². The molecule has 0 aliphatic rings. The topological polar surface area (TPSA) is 34.1 Å².